The monoisotopic (exact) mass is 269 g/mol. The molecule has 0 aliphatic carbocycles. The molecule has 6 heteroatoms. The quantitative estimate of drug-likeness (QED) is 0.839. The fourth-order valence-electron chi connectivity index (χ4n) is 1.59. The number of rotatable bonds is 4. The van der Waals surface area contributed by atoms with Gasteiger partial charge in [-0.2, -0.15) is 5.10 Å². The molecule has 0 fully saturated rings. The zero-order valence-electron chi connectivity index (χ0n) is 9.77. The van der Waals surface area contributed by atoms with Gasteiger partial charge in [0.2, 0.25) is 0 Å². The van der Waals surface area contributed by atoms with Crippen molar-refractivity contribution >= 4 is 17.4 Å². The second kappa shape index (κ2) is 5.37. The molecule has 0 aliphatic heterocycles. The molecule has 96 valence electrons. The van der Waals surface area contributed by atoms with Gasteiger partial charge < -0.3 is 10.4 Å². The van der Waals surface area contributed by atoms with Crippen molar-refractivity contribution in [1.29, 1.82) is 0 Å². The summed E-state index contributed by atoms with van der Waals surface area (Å²) in [6, 6.07) is 6.25. The standard InChI is InChI=1S/C12H13ClFN3O/c1-8(18)15-12-5-6-17(16-12)7-9-10(13)3-2-4-11(9)14/h2-6,8,18H,7H2,1H3,(H,15,16). The van der Waals surface area contributed by atoms with Crippen LogP contribution >= 0.6 is 11.6 Å². The van der Waals surface area contributed by atoms with Gasteiger partial charge in [0.1, 0.15) is 17.9 Å². The molecule has 0 aliphatic rings. The van der Waals surface area contributed by atoms with Crippen molar-refractivity contribution < 1.29 is 9.50 Å². The zero-order chi connectivity index (χ0) is 13.1. The lowest BCUT2D eigenvalue weighted by Crippen LogP contribution is -2.14. The van der Waals surface area contributed by atoms with E-state index in [1.54, 1.807) is 36.0 Å². The summed E-state index contributed by atoms with van der Waals surface area (Å²) in [6.07, 6.45) is 0.999. The molecular formula is C12H13ClFN3O. The summed E-state index contributed by atoms with van der Waals surface area (Å²) in [4.78, 5) is 0. The van der Waals surface area contributed by atoms with Crippen LogP contribution in [-0.2, 0) is 6.54 Å². The molecule has 0 spiro atoms. The Hall–Kier alpha value is -1.59. The van der Waals surface area contributed by atoms with Crippen LogP contribution in [-0.4, -0.2) is 21.1 Å². The molecule has 0 saturated heterocycles. The molecule has 4 nitrogen and oxygen atoms in total. The summed E-state index contributed by atoms with van der Waals surface area (Å²) in [5, 5.41) is 16.4. The van der Waals surface area contributed by atoms with Crippen molar-refractivity contribution in [2.45, 2.75) is 19.7 Å². The van der Waals surface area contributed by atoms with E-state index >= 15 is 0 Å². The number of anilines is 1. The first-order chi connectivity index (χ1) is 8.56. The van der Waals surface area contributed by atoms with Gasteiger partial charge in [-0.1, -0.05) is 17.7 Å². The lowest BCUT2D eigenvalue weighted by atomic mass is 10.2. The molecule has 0 bridgehead atoms. The third-order valence-corrected chi connectivity index (χ3v) is 2.73. The molecule has 1 aromatic heterocycles. The minimum Gasteiger partial charge on any atom is -0.374 e. The molecule has 2 aromatic rings. The molecule has 1 atom stereocenters. The smallest absolute Gasteiger partial charge is 0.149 e. The molecule has 18 heavy (non-hydrogen) atoms. The van der Waals surface area contributed by atoms with Gasteiger partial charge in [0.25, 0.3) is 0 Å². The maximum Gasteiger partial charge on any atom is 0.149 e. The van der Waals surface area contributed by atoms with Crippen LogP contribution in [0.15, 0.2) is 30.5 Å². The maximum absolute atomic E-state index is 13.6. The van der Waals surface area contributed by atoms with E-state index in [4.69, 9.17) is 16.7 Å². The van der Waals surface area contributed by atoms with Crippen LogP contribution in [0.3, 0.4) is 0 Å². The Labute approximate surface area is 109 Å². The molecular weight excluding hydrogens is 257 g/mol. The van der Waals surface area contributed by atoms with Gasteiger partial charge in [-0.3, -0.25) is 4.68 Å². The lowest BCUT2D eigenvalue weighted by Gasteiger charge is -2.07. The molecule has 0 amide bonds. The zero-order valence-corrected chi connectivity index (χ0v) is 10.5. The predicted octanol–water partition coefficient (Wildman–Crippen LogP) is 2.47. The largest absolute Gasteiger partial charge is 0.374 e. The molecule has 0 saturated carbocycles. The van der Waals surface area contributed by atoms with Crippen molar-refractivity contribution in [3.05, 3.63) is 46.9 Å². The second-order valence-corrected chi connectivity index (χ2v) is 4.33. The lowest BCUT2D eigenvalue weighted by molar-refractivity contribution is 0.224. The summed E-state index contributed by atoms with van der Waals surface area (Å²) in [5.41, 5.74) is 0.394. The summed E-state index contributed by atoms with van der Waals surface area (Å²) in [7, 11) is 0. The van der Waals surface area contributed by atoms with Crippen molar-refractivity contribution in [1.82, 2.24) is 9.78 Å². The molecule has 0 radical (unpaired) electrons. The average Bonchev–Trinajstić information content (AvgIpc) is 2.70. The number of nitrogens with one attached hydrogen (secondary N) is 1. The third-order valence-electron chi connectivity index (χ3n) is 2.38. The first kappa shape index (κ1) is 12.9. The van der Waals surface area contributed by atoms with Crippen molar-refractivity contribution in [3.63, 3.8) is 0 Å². The number of nitrogens with zero attached hydrogens (tertiary/aromatic N) is 2. The molecule has 1 aromatic carbocycles. The van der Waals surface area contributed by atoms with Gasteiger partial charge in [-0.25, -0.2) is 4.39 Å². The van der Waals surface area contributed by atoms with Crippen molar-refractivity contribution in [2.24, 2.45) is 0 Å². The van der Waals surface area contributed by atoms with Gasteiger partial charge in [-0.05, 0) is 19.1 Å². The van der Waals surface area contributed by atoms with Crippen LogP contribution in [0.2, 0.25) is 5.02 Å². The van der Waals surface area contributed by atoms with E-state index in [1.807, 2.05) is 0 Å². The number of halogens is 2. The van der Waals surface area contributed by atoms with Gasteiger partial charge in [-0.15, -0.1) is 0 Å². The highest BCUT2D eigenvalue weighted by Crippen LogP contribution is 2.20. The van der Waals surface area contributed by atoms with Crippen molar-refractivity contribution in [2.75, 3.05) is 5.32 Å². The Balaban J connectivity index is 2.16. The minimum atomic E-state index is -0.689. The van der Waals surface area contributed by atoms with Gasteiger partial charge in [0.05, 0.1) is 6.54 Å². The highest BCUT2D eigenvalue weighted by Gasteiger charge is 2.08. The van der Waals surface area contributed by atoms with E-state index in [2.05, 4.69) is 10.4 Å². The SMILES string of the molecule is CC(O)Nc1ccn(Cc2c(F)cccc2Cl)n1. The van der Waals surface area contributed by atoms with Crippen LogP contribution < -0.4 is 5.32 Å². The third kappa shape index (κ3) is 3.00. The number of aliphatic hydroxyl groups is 1. The number of hydrogen-bond acceptors (Lipinski definition) is 3. The fraction of sp³-hybridized carbons (Fsp3) is 0.250. The first-order valence-electron chi connectivity index (χ1n) is 5.47. The minimum absolute atomic E-state index is 0.243. The highest BCUT2D eigenvalue weighted by molar-refractivity contribution is 6.31. The van der Waals surface area contributed by atoms with Crippen molar-refractivity contribution in [3.8, 4) is 0 Å². The van der Waals surface area contributed by atoms with E-state index in [-0.39, 0.29) is 12.4 Å². The molecule has 2 N–H and O–H groups in total. The van der Waals surface area contributed by atoms with E-state index in [0.717, 1.165) is 0 Å². The van der Waals surface area contributed by atoms with E-state index in [1.165, 1.54) is 6.07 Å². The number of aliphatic hydroxyl groups excluding tert-OH is 1. The van der Waals surface area contributed by atoms with Crippen LogP contribution in [0.5, 0.6) is 0 Å². The Morgan fingerprint density at radius 2 is 2.28 bits per heavy atom. The highest BCUT2D eigenvalue weighted by atomic mass is 35.5. The van der Waals surface area contributed by atoms with Crippen LogP contribution in [0.1, 0.15) is 12.5 Å². The Bertz CT molecular complexity index is 522. The first-order valence-corrected chi connectivity index (χ1v) is 5.85. The number of hydrogen-bond donors (Lipinski definition) is 2. The molecule has 2 rings (SSSR count). The summed E-state index contributed by atoms with van der Waals surface area (Å²) < 4.78 is 15.1. The maximum atomic E-state index is 13.6. The van der Waals surface area contributed by atoms with Gasteiger partial charge in [0.15, 0.2) is 0 Å². The normalized spacial score (nSPS) is 12.4. The summed E-state index contributed by atoms with van der Waals surface area (Å²) in [6.45, 7) is 1.83. The van der Waals surface area contributed by atoms with E-state index < -0.39 is 6.23 Å². The summed E-state index contributed by atoms with van der Waals surface area (Å²) in [5.74, 6) is 0.167. The van der Waals surface area contributed by atoms with E-state index in [0.29, 0.717) is 16.4 Å². The van der Waals surface area contributed by atoms with Gasteiger partial charge >= 0.3 is 0 Å². The fourth-order valence-corrected chi connectivity index (χ4v) is 1.81. The Kier molecular flexibility index (Phi) is 3.84. The topological polar surface area (TPSA) is 50.1 Å². The molecule has 1 unspecified atom stereocenters. The summed E-state index contributed by atoms with van der Waals surface area (Å²) >= 11 is 5.93. The Morgan fingerprint density at radius 3 is 2.94 bits per heavy atom. The van der Waals surface area contributed by atoms with E-state index in [9.17, 15) is 4.39 Å². The predicted molar refractivity (Wildman–Crippen MR) is 68.0 cm³/mol. The average molecular weight is 270 g/mol. The van der Waals surface area contributed by atoms with Gasteiger partial charge in [0, 0.05) is 22.8 Å². The van der Waals surface area contributed by atoms with Crippen LogP contribution in [0, 0.1) is 5.82 Å². The Morgan fingerprint density at radius 1 is 1.50 bits per heavy atom. The van der Waals surface area contributed by atoms with Crippen LogP contribution in [0.25, 0.3) is 0 Å². The second-order valence-electron chi connectivity index (χ2n) is 3.92. The number of benzene rings is 1. The molecule has 1 heterocycles. The number of aromatic nitrogens is 2. The van der Waals surface area contributed by atoms with Crippen LogP contribution in [0.4, 0.5) is 10.2 Å².